The molecule has 0 saturated carbocycles. The fourth-order valence-corrected chi connectivity index (χ4v) is 4.27. The third-order valence-corrected chi connectivity index (χ3v) is 6.29. The number of hydrogen-bond acceptors (Lipinski definition) is 2. The van der Waals surface area contributed by atoms with Gasteiger partial charge in [0.25, 0.3) is 0 Å². The van der Waals surface area contributed by atoms with Gasteiger partial charge in [-0.05, 0) is 121 Å². The zero-order valence-electron chi connectivity index (χ0n) is 19.5. The number of allylic oxidation sites excluding steroid dienone is 1. The van der Waals surface area contributed by atoms with E-state index in [2.05, 4.69) is 127 Å². The summed E-state index contributed by atoms with van der Waals surface area (Å²) in [6, 6.07) is 28.2. The van der Waals surface area contributed by atoms with Gasteiger partial charge in [-0.15, -0.1) is 0 Å². The predicted octanol–water partition coefficient (Wildman–Crippen LogP) is 7.77. The summed E-state index contributed by atoms with van der Waals surface area (Å²) in [6.45, 7) is 4.16. The minimum atomic E-state index is 0.775. The molecule has 0 saturated heterocycles. The largest absolute Gasteiger partial charge is 0.494 e. The van der Waals surface area contributed by atoms with Crippen LogP contribution in [0.4, 0.5) is 0 Å². The lowest BCUT2D eigenvalue weighted by Crippen LogP contribution is -2.13. The molecular weight excluding hydrogens is 505 g/mol. The van der Waals surface area contributed by atoms with Crippen molar-refractivity contribution < 1.29 is 4.74 Å². The highest BCUT2D eigenvalue weighted by molar-refractivity contribution is 14.1. The van der Waals surface area contributed by atoms with Crippen LogP contribution in [0.5, 0.6) is 5.75 Å². The van der Waals surface area contributed by atoms with Crippen LogP contribution in [0.15, 0.2) is 78.9 Å². The van der Waals surface area contributed by atoms with Crippen LogP contribution >= 0.6 is 22.6 Å². The lowest BCUT2D eigenvalue weighted by atomic mass is 9.88. The van der Waals surface area contributed by atoms with Gasteiger partial charge < -0.3 is 9.64 Å². The molecule has 0 atom stereocenters. The van der Waals surface area contributed by atoms with Gasteiger partial charge in [0.15, 0.2) is 0 Å². The van der Waals surface area contributed by atoms with E-state index in [9.17, 15) is 0 Å². The Hall–Kier alpha value is -2.11. The van der Waals surface area contributed by atoms with Gasteiger partial charge in [0, 0.05) is 3.57 Å². The van der Waals surface area contributed by atoms with E-state index in [1.165, 1.54) is 44.2 Å². The molecule has 0 aromatic heterocycles. The number of halogens is 1. The van der Waals surface area contributed by atoms with Crippen molar-refractivity contribution in [2.75, 3.05) is 27.2 Å². The molecule has 0 aliphatic rings. The molecule has 2 nitrogen and oxygen atoms in total. The number of ether oxygens (including phenoxy) is 1. The van der Waals surface area contributed by atoms with Gasteiger partial charge in [0.2, 0.25) is 0 Å². The third-order valence-electron chi connectivity index (χ3n) is 5.57. The van der Waals surface area contributed by atoms with Gasteiger partial charge in [0.1, 0.15) is 5.75 Å². The summed E-state index contributed by atoms with van der Waals surface area (Å²) >= 11 is 2.37. The molecule has 3 aromatic carbocycles. The fourth-order valence-electron chi connectivity index (χ4n) is 3.91. The summed E-state index contributed by atoms with van der Waals surface area (Å²) in [7, 11) is 4.25. The first-order chi connectivity index (χ1) is 15.6. The first-order valence-electron chi connectivity index (χ1n) is 11.5. The molecule has 0 fully saturated rings. The second-order valence-corrected chi connectivity index (χ2v) is 9.56. The monoisotopic (exact) mass is 539 g/mol. The van der Waals surface area contributed by atoms with Crippen molar-refractivity contribution in [3.8, 4) is 5.75 Å². The Morgan fingerprint density at radius 2 is 1.38 bits per heavy atom. The normalized spacial score (nSPS) is 12.0. The Kier molecular flexibility index (Phi) is 9.82. The van der Waals surface area contributed by atoms with Crippen LogP contribution in [0.2, 0.25) is 0 Å². The summed E-state index contributed by atoms with van der Waals surface area (Å²) in [4.78, 5) is 2.23. The Bertz CT molecular complexity index is 976. The van der Waals surface area contributed by atoms with E-state index in [0.717, 1.165) is 31.7 Å². The SMILES string of the molecule is CC/C(=C(\c1ccc(I)cc1)c1ccc(OCCCCCN(C)C)cc1)c1ccccc1. The van der Waals surface area contributed by atoms with Crippen LogP contribution in [0.25, 0.3) is 11.1 Å². The maximum Gasteiger partial charge on any atom is 0.119 e. The Morgan fingerprint density at radius 1 is 0.750 bits per heavy atom. The summed E-state index contributed by atoms with van der Waals surface area (Å²) < 4.78 is 7.26. The van der Waals surface area contributed by atoms with Gasteiger partial charge in [-0.2, -0.15) is 0 Å². The number of hydrogen-bond donors (Lipinski definition) is 0. The molecule has 3 rings (SSSR count). The molecule has 0 aliphatic carbocycles. The Balaban J connectivity index is 1.81. The minimum absolute atomic E-state index is 0.775. The van der Waals surface area contributed by atoms with E-state index >= 15 is 0 Å². The van der Waals surface area contributed by atoms with E-state index in [4.69, 9.17) is 4.74 Å². The molecule has 3 heteroatoms. The van der Waals surface area contributed by atoms with Gasteiger partial charge >= 0.3 is 0 Å². The maximum absolute atomic E-state index is 6.01. The van der Waals surface area contributed by atoms with Crippen molar-refractivity contribution in [2.45, 2.75) is 32.6 Å². The average molecular weight is 540 g/mol. The van der Waals surface area contributed by atoms with Crippen LogP contribution in [-0.2, 0) is 0 Å². The quantitative estimate of drug-likeness (QED) is 0.140. The van der Waals surface area contributed by atoms with E-state index in [-0.39, 0.29) is 0 Å². The number of nitrogens with zero attached hydrogens (tertiary/aromatic N) is 1. The highest BCUT2D eigenvalue weighted by atomic mass is 127. The van der Waals surface area contributed by atoms with Crippen LogP contribution < -0.4 is 4.74 Å². The summed E-state index contributed by atoms with van der Waals surface area (Å²) in [6.07, 6.45) is 4.49. The van der Waals surface area contributed by atoms with Gasteiger partial charge in [-0.3, -0.25) is 0 Å². The van der Waals surface area contributed by atoms with Crippen LogP contribution in [-0.4, -0.2) is 32.1 Å². The standard InChI is InChI=1S/C29H34INO/c1-4-28(23-11-7-5-8-12-23)29(24-13-17-26(30)18-14-24)25-15-19-27(20-16-25)32-22-10-6-9-21-31(2)3/h5,7-8,11-20H,4,6,9-10,21-22H2,1-3H3/b29-28-. The van der Waals surface area contributed by atoms with E-state index in [1.807, 2.05) is 0 Å². The molecule has 0 bridgehead atoms. The Morgan fingerprint density at radius 3 is 1.97 bits per heavy atom. The highest BCUT2D eigenvalue weighted by Crippen LogP contribution is 2.35. The van der Waals surface area contributed by atoms with E-state index in [0.29, 0.717) is 0 Å². The van der Waals surface area contributed by atoms with Gasteiger partial charge in [0.05, 0.1) is 6.61 Å². The van der Waals surface area contributed by atoms with Crippen LogP contribution in [0.3, 0.4) is 0 Å². The molecule has 0 heterocycles. The van der Waals surface area contributed by atoms with Gasteiger partial charge in [-0.25, -0.2) is 0 Å². The van der Waals surface area contributed by atoms with Crippen LogP contribution in [0.1, 0.15) is 49.3 Å². The molecular formula is C29H34INO. The molecule has 3 aromatic rings. The smallest absolute Gasteiger partial charge is 0.119 e. The van der Waals surface area contributed by atoms with E-state index in [1.54, 1.807) is 0 Å². The van der Waals surface area contributed by atoms with Crippen molar-refractivity contribution in [1.82, 2.24) is 4.90 Å². The first kappa shape index (κ1) is 24.5. The third kappa shape index (κ3) is 7.21. The second kappa shape index (κ2) is 12.8. The Labute approximate surface area is 207 Å². The zero-order valence-corrected chi connectivity index (χ0v) is 21.6. The van der Waals surface area contributed by atoms with Crippen molar-refractivity contribution in [2.24, 2.45) is 0 Å². The van der Waals surface area contributed by atoms with Crippen molar-refractivity contribution >= 4 is 33.7 Å². The zero-order chi connectivity index (χ0) is 22.8. The van der Waals surface area contributed by atoms with E-state index < -0.39 is 0 Å². The molecule has 168 valence electrons. The topological polar surface area (TPSA) is 12.5 Å². The minimum Gasteiger partial charge on any atom is -0.494 e. The molecule has 0 amide bonds. The molecule has 0 radical (unpaired) electrons. The number of benzene rings is 3. The first-order valence-corrected chi connectivity index (χ1v) is 12.6. The number of unbranched alkanes of at least 4 members (excludes halogenated alkanes) is 2. The predicted molar refractivity (Wildman–Crippen MR) is 146 cm³/mol. The van der Waals surface area contributed by atoms with Crippen LogP contribution in [0, 0.1) is 3.57 Å². The molecule has 32 heavy (non-hydrogen) atoms. The van der Waals surface area contributed by atoms with Crippen molar-refractivity contribution in [1.29, 1.82) is 0 Å². The lowest BCUT2D eigenvalue weighted by molar-refractivity contribution is 0.299. The molecule has 0 N–H and O–H groups in total. The average Bonchev–Trinajstić information content (AvgIpc) is 2.81. The number of rotatable bonds is 11. The molecule has 0 aliphatic heterocycles. The molecule has 0 spiro atoms. The highest BCUT2D eigenvalue weighted by Gasteiger charge is 2.13. The summed E-state index contributed by atoms with van der Waals surface area (Å²) in [5, 5.41) is 0. The van der Waals surface area contributed by atoms with Crippen molar-refractivity contribution in [3.05, 3.63) is 99.1 Å². The summed E-state index contributed by atoms with van der Waals surface area (Å²) in [5.41, 5.74) is 6.42. The van der Waals surface area contributed by atoms with Gasteiger partial charge in [-0.1, -0.05) is 61.5 Å². The maximum atomic E-state index is 6.01. The fraction of sp³-hybridized carbons (Fsp3) is 0.310. The summed E-state index contributed by atoms with van der Waals surface area (Å²) in [5.74, 6) is 0.945. The lowest BCUT2D eigenvalue weighted by Gasteiger charge is -2.17. The molecule has 0 unspecified atom stereocenters. The van der Waals surface area contributed by atoms with Crippen molar-refractivity contribution in [3.63, 3.8) is 0 Å². The second-order valence-electron chi connectivity index (χ2n) is 8.32.